The van der Waals surface area contributed by atoms with E-state index in [0.29, 0.717) is 18.8 Å². The van der Waals surface area contributed by atoms with Gasteiger partial charge in [0.2, 0.25) is 5.95 Å². The van der Waals surface area contributed by atoms with Gasteiger partial charge >= 0.3 is 5.97 Å². The molecule has 2 rings (SSSR count). The van der Waals surface area contributed by atoms with Crippen LogP contribution in [-0.2, 0) is 4.79 Å². The van der Waals surface area contributed by atoms with Gasteiger partial charge in [-0.25, -0.2) is 14.8 Å². The molecule has 0 aromatic carbocycles. The van der Waals surface area contributed by atoms with E-state index in [1.165, 1.54) is 0 Å². The predicted molar refractivity (Wildman–Crippen MR) is 54.7 cm³/mol. The molecule has 5 nitrogen and oxygen atoms in total. The summed E-state index contributed by atoms with van der Waals surface area (Å²) < 4.78 is 0. The third kappa shape index (κ3) is 1.91. The Morgan fingerprint density at radius 1 is 1.40 bits per heavy atom. The van der Waals surface area contributed by atoms with Gasteiger partial charge in [0, 0.05) is 11.4 Å². The van der Waals surface area contributed by atoms with Gasteiger partial charge in [-0.15, -0.1) is 0 Å². The molecule has 2 N–H and O–H groups in total. The maximum absolute atomic E-state index is 10.9. The molecule has 1 aromatic rings. The first-order valence-corrected chi connectivity index (χ1v) is 4.86. The van der Waals surface area contributed by atoms with Crippen molar-refractivity contribution in [2.24, 2.45) is 0 Å². The maximum Gasteiger partial charge on any atom is 0.329 e. The van der Waals surface area contributed by atoms with E-state index in [-0.39, 0.29) is 0 Å². The standard InChI is InChI=1S/C10H13N3O2/c1-6-5-7(2)12-9(11-6)13-10(3-4-10)8(14)15/h5H,3-4H2,1-2H3,(H,14,15)(H,11,12,13). The van der Waals surface area contributed by atoms with Crippen LogP contribution >= 0.6 is 0 Å². The van der Waals surface area contributed by atoms with Gasteiger partial charge in [0.25, 0.3) is 0 Å². The zero-order chi connectivity index (χ0) is 11.1. The number of carboxylic acid groups (broad SMARTS) is 1. The molecule has 1 fully saturated rings. The fraction of sp³-hybridized carbons (Fsp3) is 0.500. The van der Waals surface area contributed by atoms with Gasteiger partial charge in [0.05, 0.1) is 0 Å². The van der Waals surface area contributed by atoms with Crippen molar-refractivity contribution in [1.29, 1.82) is 0 Å². The van der Waals surface area contributed by atoms with Gasteiger partial charge in [-0.2, -0.15) is 0 Å². The molecule has 0 aliphatic heterocycles. The van der Waals surface area contributed by atoms with Crippen LogP contribution < -0.4 is 5.32 Å². The monoisotopic (exact) mass is 207 g/mol. The molecular weight excluding hydrogens is 194 g/mol. The summed E-state index contributed by atoms with van der Waals surface area (Å²) in [5, 5.41) is 11.9. The summed E-state index contributed by atoms with van der Waals surface area (Å²) in [7, 11) is 0. The number of carbonyl (C=O) groups is 1. The Morgan fingerprint density at radius 2 is 1.93 bits per heavy atom. The second-order valence-corrected chi connectivity index (χ2v) is 3.99. The quantitative estimate of drug-likeness (QED) is 0.776. The minimum Gasteiger partial charge on any atom is -0.480 e. The number of nitrogens with one attached hydrogen (secondary N) is 1. The zero-order valence-corrected chi connectivity index (χ0v) is 8.74. The molecule has 0 saturated heterocycles. The Kier molecular flexibility index (Phi) is 2.10. The third-order valence-electron chi connectivity index (χ3n) is 2.49. The van der Waals surface area contributed by atoms with E-state index in [9.17, 15) is 4.79 Å². The molecular formula is C10H13N3O2. The molecule has 80 valence electrons. The summed E-state index contributed by atoms with van der Waals surface area (Å²) in [6.07, 6.45) is 1.28. The van der Waals surface area contributed by atoms with Crippen LogP contribution in [0.1, 0.15) is 24.2 Å². The van der Waals surface area contributed by atoms with Crippen LogP contribution in [0, 0.1) is 13.8 Å². The number of aliphatic carboxylic acids is 1. The Bertz CT molecular complexity index is 393. The van der Waals surface area contributed by atoms with E-state index in [0.717, 1.165) is 11.4 Å². The smallest absolute Gasteiger partial charge is 0.329 e. The predicted octanol–water partition coefficient (Wildman–Crippen LogP) is 1.12. The van der Waals surface area contributed by atoms with Crippen molar-refractivity contribution in [3.63, 3.8) is 0 Å². The number of aryl methyl sites for hydroxylation is 2. The summed E-state index contributed by atoms with van der Waals surface area (Å²) in [5.41, 5.74) is 0.859. The fourth-order valence-electron chi connectivity index (χ4n) is 1.51. The lowest BCUT2D eigenvalue weighted by Gasteiger charge is -2.12. The molecule has 1 aromatic heterocycles. The molecule has 0 spiro atoms. The maximum atomic E-state index is 10.9. The number of anilines is 1. The van der Waals surface area contributed by atoms with Crippen LogP contribution in [0.4, 0.5) is 5.95 Å². The van der Waals surface area contributed by atoms with Crippen molar-refractivity contribution < 1.29 is 9.90 Å². The summed E-state index contributed by atoms with van der Waals surface area (Å²) in [6.45, 7) is 3.72. The Hall–Kier alpha value is -1.65. The average Bonchev–Trinajstić information content (AvgIpc) is 2.83. The normalized spacial score (nSPS) is 17.2. The lowest BCUT2D eigenvalue weighted by molar-refractivity contribution is -0.138. The molecule has 0 atom stereocenters. The number of aromatic nitrogens is 2. The highest BCUT2D eigenvalue weighted by atomic mass is 16.4. The molecule has 5 heteroatoms. The van der Waals surface area contributed by atoms with Gasteiger partial charge in [-0.3, -0.25) is 0 Å². The first-order chi connectivity index (χ1) is 7.02. The van der Waals surface area contributed by atoms with Crippen molar-refractivity contribution >= 4 is 11.9 Å². The molecule has 1 heterocycles. The van der Waals surface area contributed by atoms with Crippen LogP contribution in [0.15, 0.2) is 6.07 Å². The minimum absolute atomic E-state index is 0.410. The molecule has 1 aliphatic carbocycles. The number of carboxylic acids is 1. The van der Waals surface area contributed by atoms with Gasteiger partial charge < -0.3 is 10.4 Å². The van der Waals surface area contributed by atoms with Crippen LogP contribution in [-0.4, -0.2) is 26.6 Å². The van der Waals surface area contributed by atoms with Crippen molar-refractivity contribution in [1.82, 2.24) is 9.97 Å². The average molecular weight is 207 g/mol. The van der Waals surface area contributed by atoms with Crippen LogP contribution in [0.5, 0.6) is 0 Å². The Morgan fingerprint density at radius 3 is 2.33 bits per heavy atom. The lowest BCUT2D eigenvalue weighted by Crippen LogP contribution is -2.32. The molecule has 1 aliphatic rings. The molecule has 0 unspecified atom stereocenters. The van der Waals surface area contributed by atoms with E-state index in [1.54, 1.807) is 0 Å². The first-order valence-electron chi connectivity index (χ1n) is 4.86. The fourth-order valence-corrected chi connectivity index (χ4v) is 1.51. The van der Waals surface area contributed by atoms with Crippen LogP contribution in [0.3, 0.4) is 0 Å². The number of hydrogen-bond acceptors (Lipinski definition) is 4. The molecule has 0 amide bonds. The number of hydrogen-bond donors (Lipinski definition) is 2. The zero-order valence-electron chi connectivity index (χ0n) is 8.74. The highest BCUT2D eigenvalue weighted by molar-refractivity contribution is 5.85. The largest absolute Gasteiger partial charge is 0.480 e. The van der Waals surface area contributed by atoms with E-state index in [4.69, 9.17) is 5.11 Å². The van der Waals surface area contributed by atoms with Gasteiger partial charge in [0.15, 0.2) is 0 Å². The SMILES string of the molecule is Cc1cc(C)nc(NC2(C(=O)O)CC2)n1. The van der Waals surface area contributed by atoms with Crippen molar-refractivity contribution in [2.45, 2.75) is 32.2 Å². The Labute approximate surface area is 87.6 Å². The summed E-state index contributed by atoms with van der Waals surface area (Å²) in [5.74, 6) is -0.419. The first kappa shape index (κ1) is 9.89. The van der Waals surface area contributed by atoms with Crippen LogP contribution in [0.2, 0.25) is 0 Å². The molecule has 0 bridgehead atoms. The second-order valence-electron chi connectivity index (χ2n) is 3.99. The Balaban J connectivity index is 2.21. The minimum atomic E-state index is -0.828. The van der Waals surface area contributed by atoms with E-state index in [2.05, 4.69) is 15.3 Å². The molecule has 15 heavy (non-hydrogen) atoms. The van der Waals surface area contributed by atoms with Gasteiger partial charge in [0.1, 0.15) is 5.54 Å². The summed E-state index contributed by atoms with van der Waals surface area (Å²) >= 11 is 0. The topological polar surface area (TPSA) is 75.1 Å². The van der Waals surface area contributed by atoms with E-state index >= 15 is 0 Å². The molecule has 0 radical (unpaired) electrons. The number of rotatable bonds is 3. The van der Waals surface area contributed by atoms with E-state index in [1.807, 2.05) is 19.9 Å². The van der Waals surface area contributed by atoms with Crippen molar-refractivity contribution in [3.8, 4) is 0 Å². The second kappa shape index (κ2) is 3.18. The summed E-state index contributed by atoms with van der Waals surface area (Å²) in [4.78, 5) is 19.3. The van der Waals surface area contributed by atoms with Gasteiger partial charge in [-0.1, -0.05) is 0 Å². The van der Waals surface area contributed by atoms with Crippen LogP contribution in [0.25, 0.3) is 0 Å². The number of nitrogens with zero attached hydrogens (tertiary/aromatic N) is 2. The molecule has 1 saturated carbocycles. The summed E-state index contributed by atoms with van der Waals surface area (Å²) in [6, 6.07) is 1.85. The van der Waals surface area contributed by atoms with Crippen molar-refractivity contribution in [3.05, 3.63) is 17.5 Å². The highest BCUT2D eigenvalue weighted by Gasteiger charge is 2.51. The highest BCUT2D eigenvalue weighted by Crippen LogP contribution is 2.38. The van der Waals surface area contributed by atoms with Crippen molar-refractivity contribution in [2.75, 3.05) is 5.32 Å². The third-order valence-corrected chi connectivity index (χ3v) is 2.49. The lowest BCUT2D eigenvalue weighted by atomic mass is 10.3. The van der Waals surface area contributed by atoms with E-state index < -0.39 is 11.5 Å². The van der Waals surface area contributed by atoms with Gasteiger partial charge in [-0.05, 0) is 32.8 Å².